The summed E-state index contributed by atoms with van der Waals surface area (Å²) in [5.74, 6) is 1.81. The van der Waals surface area contributed by atoms with Crippen molar-refractivity contribution in [2.24, 2.45) is 0 Å². The summed E-state index contributed by atoms with van der Waals surface area (Å²) >= 11 is 0. The van der Waals surface area contributed by atoms with E-state index in [0.717, 1.165) is 11.3 Å². The first-order valence-electron chi connectivity index (χ1n) is 8.62. The number of hydrogen-bond donors (Lipinski definition) is 0. The van der Waals surface area contributed by atoms with Gasteiger partial charge in [0.05, 0.1) is 20.3 Å². The van der Waals surface area contributed by atoms with Gasteiger partial charge in [0.2, 0.25) is 11.8 Å². The van der Waals surface area contributed by atoms with Gasteiger partial charge < -0.3 is 18.9 Å². The summed E-state index contributed by atoms with van der Waals surface area (Å²) in [4.78, 5) is 18.8. The van der Waals surface area contributed by atoms with E-state index in [4.69, 9.17) is 14.0 Å². The lowest BCUT2D eigenvalue weighted by molar-refractivity contribution is -0.135. The quantitative estimate of drug-likeness (QED) is 0.766. The standard InChI is InChI=1S/C19H23N3O4/c1-13(2)19-20-18(21-26-19)16-12-25-10-9-22(16)17(23)8-7-14-5-4-6-15(11-14)24-3/h4-8,11,13,16H,9-10,12H2,1-3H3. The first-order chi connectivity index (χ1) is 12.6. The Hall–Kier alpha value is -2.67. The first kappa shape index (κ1) is 18.1. The van der Waals surface area contributed by atoms with Crippen LogP contribution in [0.15, 0.2) is 34.9 Å². The molecule has 1 aromatic heterocycles. The van der Waals surface area contributed by atoms with E-state index in [2.05, 4.69) is 10.1 Å². The molecule has 0 bridgehead atoms. The van der Waals surface area contributed by atoms with Crippen molar-refractivity contribution in [3.05, 3.63) is 47.6 Å². The fourth-order valence-corrected chi connectivity index (χ4v) is 2.71. The Bertz CT molecular complexity index is 785. The second-order valence-electron chi connectivity index (χ2n) is 6.38. The molecule has 1 aliphatic rings. The van der Waals surface area contributed by atoms with Crippen LogP contribution in [0.1, 0.15) is 43.1 Å². The van der Waals surface area contributed by atoms with Crippen LogP contribution in [0.25, 0.3) is 6.08 Å². The van der Waals surface area contributed by atoms with Crippen LogP contribution in [0.5, 0.6) is 5.75 Å². The number of carbonyl (C=O) groups is 1. The van der Waals surface area contributed by atoms with Crippen molar-refractivity contribution in [1.82, 2.24) is 15.0 Å². The number of benzene rings is 1. The van der Waals surface area contributed by atoms with E-state index >= 15 is 0 Å². The molecule has 3 rings (SSSR count). The topological polar surface area (TPSA) is 77.7 Å². The average Bonchev–Trinajstić information content (AvgIpc) is 3.16. The summed E-state index contributed by atoms with van der Waals surface area (Å²) in [7, 11) is 1.61. The molecule has 7 nitrogen and oxygen atoms in total. The van der Waals surface area contributed by atoms with Crippen LogP contribution in [0.2, 0.25) is 0 Å². The van der Waals surface area contributed by atoms with Crippen molar-refractivity contribution in [3.8, 4) is 5.75 Å². The zero-order valence-electron chi connectivity index (χ0n) is 15.2. The summed E-state index contributed by atoms with van der Waals surface area (Å²) in [6, 6.07) is 7.18. The van der Waals surface area contributed by atoms with Gasteiger partial charge >= 0.3 is 0 Å². The Morgan fingerprint density at radius 2 is 2.27 bits per heavy atom. The molecular formula is C19H23N3O4. The van der Waals surface area contributed by atoms with Crippen molar-refractivity contribution < 1.29 is 18.8 Å². The maximum Gasteiger partial charge on any atom is 0.247 e. The molecule has 1 atom stereocenters. The van der Waals surface area contributed by atoms with Gasteiger partial charge in [0.15, 0.2) is 5.82 Å². The first-order valence-corrected chi connectivity index (χ1v) is 8.62. The minimum Gasteiger partial charge on any atom is -0.497 e. The summed E-state index contributed by atoms with van der Waals surface area (Å²) in [5.41, 5.74) is 0.893. The van der Waals surface area contributed by atoms with E-state index in [-0.39, 0.29) is 17.9 Å². The summed E-state index contributed by atoms with van der Waals surface area (Å²) in [6.07, 6.45) is 3.32. The number of nitrogens with zero attached hydrogens (tertiary/aromatic N) is 3. The summed E-state index contributed by atoms with van der Waals surface area (Å²) in [6.45, 7) is 5.29. The Labute approximate surface area is 152 Å². The minimum absolute atomic E-state index is 0.114. The predicted molar refractivity (Wildman–Crippen MR) is 95.7 cm³/mol. The van der Waals surface area contributed by atoms with Gasteiger partial charge in [-0.25, -0.2) is 0 Å². The number of ether oxygens (including phenoxy) is 2. The van der Waals surface area contributed by atoms with E-state index in [1.54, 1.807) is 24.2 Å². The maximum atomic E-state index is 12.7. The zero-order valence-corrected chi connectivity index (χ0v) is 15.2. The zero-order chi connectivity index (χ0) is 18.5. The molecule has 1 aliphatic heterocycles. The third-order valence-electron chi connectivity index (χ3n) is 4.17. The SMILES string of the molecule is COc1cccc(C=CC(=O)N2CCOCC2c2noc(C(C)C)n2)c1. The lowest BCUT2D eigenvalue weighted by Gasteiger charge is -2.32. The number of methoxy groups -OCH3 is 1. The van der Waals surface area contributed by atoms with Crippen LogP contribution in [0.3, 0.4) is 0 Å². The summed E-state index contributed by atoms with van der Waals surface area (Å²) < 4.78 is 16.0. The Morgan fingerprint density at radius 1 is 1.42 bits per heavy atom. The number of hydrogen-bond acceptors (Lipinski definition) is 6. The van der Waals surface area contributed by atoms with Gasteiger partial charge in [-0.15, -0.1) is 0 Å². The Balaban J connectivity index is 1.75. The van der Waals surface area contributed by atoms with Gasteiger partial charge in [-0.3, -0.25) is 4.79 Å². The van der Waals surface area contributed by atoms with Crippen LogP contribution >= 0.6 is 0 Å². The van der Waals surface area contributed by atoms with Crippen molar-refractivity contribution in [2.75, 3.05) is 26.9 Å². The molecule has 138 valence electrons. The minimum atomic E-state index is -0.345. The van der Waals surface area contributed by atoms with Gasteiger partial charge in [-0.2, -0.15) is 4.98 Å². The summed E-state index contributed by atoms with van der Waals surface area (Å²) in [5, 5.41) is 4.03. The van der Waals surface area contributed by atoms with Gasteiger partial charge in [0.1, 0.15) is 11.8 Å². The second-order valence-corrected chi connectivity index (χ2v) is 6.38. The molecule has 2 heterocycles. The van der Waals surface area contributed by atoms with Crippen LogP contribution < -0.4 is 4.74 Å². The maximum absolute atomic E-state index is 12.7. The molecule has 0 saturated carbocycles. The van der Waals surface area contributed by atoms with Gasteiger partial charge in [-0.05, 0) is 23.8 Å². The van der Waals surface area contributed by atoms with Crippen molar-refractivity contribution in [3.63, 3.8) is 0 Å². The molecular weight excluding hydrogens is 334 g/mol. The lowest BCUT2D eigenvalue weighted by atomic mass is 10.1. The molecule has 2 aromatic rings. The molecule has 1 saturated heterocycles. The molecule has 0 aliphatic carbocycles. The van der Waals surface area contributed by atoms with E-state index in [9.17, 15) is 4.79 Å². The number of rotatable bonds is 5. The largest absolute Gasteiger partial charge is 0.497 e. The number of amides is 1. The monoisotopic (exact) mass is 357 g/mol. The van der Waals surface area contributed by atoms with Crippen LogP contribution in [0.4, 0.5) is 0 Å². The molecule has 7 heteroatoms. The average molecular weight is 357 g/mol. The molecule has 0 spiro atoms. The second kappa shape index (κ2) is 8.14. The highest BCUT2D eigenvalue weighted by molar-refractivity contribution is 5.92. The van der Waals surface area contributed by atoms with Crippen LogP contribution in [-0.4, -0.2) is 47.8 Å². The molecule has 1 aromatic carbocycles. The third kappa shape index (κ3) is 4.11. The molecule has 1 unspecified atom stereocenters. The highest BCUT2D eigenvalue weighted by Gasteiger charge is 2.31. The number of aromatic nitrogens is 2. The van der Waals surface area contributed by atoms with Gasteiger partial charge in [-0.1, -0.05) is 31.1 Å². The number of carbonyl (C=O) groups excluding carboxylic acids is 1. The molecule has 1 amide bonds. The van der Waals surface area contributed by atoms with E-state index < -0.39 is 0 Å². The van der Waals surface area contributed by atoms with E-state index in [1.807, 2.05) is 38.1 Å². The fraction of sp³-hybridized carbons (Fsp3) is 0.421. The fourth-order valence-electron chi connectivity index (χ4n) is 2.71. The molecule has 26 heavy (non-hydrogen) atoms. The van der Waals surface area contributed by atoms with Gasteiger partial charge in [0, 0.05) is 18.5 Å². The van der Waals surface area contributed by atoms with Crippen molar-refractivity contribution >= 4 is 12.0 Å². The van der Waals surface area contributed by atoms with Crippen molar-refractivity contribution in [1.29, 1.82) is 0 Å². The van der Waals surface area contributed by atoms with Gasteiger partial charge in [0.25, 0.3) is 0 Å². The highest BCUT2D eigenvalue weighted by atomic mass is 16.5. The van der Waals surface area contributed by atoms with E-state index in [0.29, 0.717) is 31.5 Å². The highest BCUT2D eigenvalue weighted by Crippen LogP contribution is 2.24. The molecule has 0 radical (unpaired) electrons. The lowest BCUT2D eigenvalue weighted by Crippen LogP contribution is -2.43. The normalized spacial score (nSPS) is 17.8. The Morgan fingerprint density at radius 3 is 3.00 bits per heavy atom. The van der Waals surface area contributed by atoms with Crippen molar-refractivity contribution in [2.45, 2.75) is 25.8 Å². The predicted octanol–water partition coefficient (Wildman–Crippen LogP) is 2.81. The van der Waals surface area contributed by atoms with E-state index in [1.165, 1.54) is 0 Å². The number of morpholine rings is 1. The van der Waals surface area contributed by atoms with Crippen LogP contribution in [0, 0.1) is 0 Å². The smallest absolute Gasteiger partial charge is 0.247 e. The third-order valence-corrected chi connectivity index (χ3v) is 4.17. The Kier molecular flexibility index (Phi) is 5.68. The van der Waals surface area contributed by atoms with Crippen LogP contribution in [-0.2, 0) is 9.53 Å². The molecule has 0 N–H and O–H groups in total. The molecule has 1 fully saturated rings.